The van der Waals surface area contributed by atoms with E-state index in [0.717, 1.165) is 18.8 Å². The van der Waals surface area contributed by atoms with E-state index in [2.05, 4.69) is 21.3 Å². The van der Waals surface area contributed by atoms with Crippen molar-refractivity contribution in [3.8, 4) is 12.0 Å². The van der Waals surface area contributed by atoms with Gasteiger partial charge in [-0.2, -0.15) is 5.26 Å². The van der Waals surface area contributed by atoms with Crippen LogP contribution in [-0.4, -0.2) is 28.5 Å². The molecule has 28 heavy (non-hydrogen) atoms. The van der Waals surface area contributed by atoms with Crippen LogP contribution in [0.15, 0.2) is 47.3 Å². The van der Waals surface area contributed by atoms with Gasteiger partial charge in [0.25, 0.3) is 5.91 Å². The third kappa shape index (κ3) is 3.37. The lowest BCUT2D eigenvalue weighted by Gasteiger charge is -2.28. The number of hydrogen-bond acceptors (Lipinski definition) is 5. The number of furan rings is 1. The highest BCUT2D eigenvalue weighted by Crippen LogP contribution is 2.26. The summed E-state index contributed by atoms with van der Waals surface area (Å²) in [4.78, 5) is 19.5. The van der Waals surface area contributed by atoms with Crippen molar-refractivity contribution < 1.29 is 9.21 Å². The van der Waals surface area contributed by atoms with Gasteiger partial charge in [-0.15, -0.1) is 0 Å². The Morgan fingerprint density at radius 2 is 1.96 bits per heavy atom. The first-order valence-corrected chi connectivity index (χ1v) is 9.36. The second-order valence-electron chi connectivity index (χ2n) is 6.82. The predicted octanol–water partition coefficient (Wildman–Crippen LogP) is 3.89. The van der Waals surface area contributed by atoms with Crippen molar-refractivity contribution in [1.29, 1.82) is 5.26 Å². The lowest BCUT2D eigenvalue weighted by atomic mass is 10.1. The van der Waals surface area contributed by atoms with Crippen LogP contribution >= 0.6 is 0 Å². The number of nitrogens with one attached hydrogen (secondary N) is 1. The average molecular weight is 375 g/mol. The molecule has 1 amide bonds. The first kappa shape index (κ1) is 17.9. The second-order valence-corrected chi connectivity index (χ2v) is 6.82. The first-order valence-electron chi connectivity index (χ1n) is 9.36. The number of nitrogens with zero attached hydrogens (tertiary/aromatic N) is 4. The zero-order valence-electron chi connectivity index (χ0n) is 15.7. The Morgan fingerprint density at radius 1 is 1.21 bits per heavy atom. The molecule has 3 aromatic rings. The Morgan fingerprint density at radius 3 is 2.61 bits per heavy atom. The van der Waals surface area contributed by atoms with Crippen LogP contribution in [0.4, 0.5) is 11.5 Å². The first-order chi connectivity index (χ1) is 13.7. The standard InChI is InChI=1S/C21H21N5O2/c1-15-19(17(13-22)21(28-15)26-11-5-6-12-26)20(27)24-18-8-7-16(14-23-18)25-9-3-2-4-10-25/h5-8,11-12,14H,2-4,9-10H2,1H3,(H,23,24,27). The smallest absolute Gasteiger partial charge is 0.261 e. The summed E-state index contributed by atoms with van der Waals surface area (Å²) in [6.07, 6.45) is 8.97. The van der Waals surface area contributed by atoms with Gasteiger partial charge >= 0.3 is 0 Å². The fourth-order valence-corrected chi connectivity index (χ4v) is 3.54. The van der Waals surface area contributed by atoms with Gasteiger partial charge in [0.2, 0.25) is 5.88 Å². The molecule has 0 bridgehead atoms. The summed E-state index contributed by atoms with van der Waals surface area (Å²) in [6.45, 7) is 3.75. The Hall–Kier alpha value is -3.53. The van der Waals surface area contributed by atoms with Crippen molar-refractivity contribution in [2.45, 2.75) is 26.2 Å². The van der Waals surface area contributed by atoms with E-state index in [0.29, 0.717) is 17.5 Å². The summed E-state index contributed by atoms with van der Waals surface area (Å²) in [5.41, 5.74) is 1.49. The van der Waals surface area contributed by atoms with E-state index in [1.807, 2.05) is 18.2 Å². The molecule has 0 aliphatic carbocycles. The maximum Gasteiger partial charge on any atom is 0.261 e. The molecule has 0 radical (unpaired) electrons. The molecule has 0 spiro atoms. The lowest BCUT2D eigenvalue weighted by Crippen LogP contribution is -2.29. The van der Waals surface area contributed by atoms with E-state index in [1.54, 1.807) is 36.1 Å². The number of carbonyl (C=O) groups is 1. The molecule has 0 aromatic carbocycles. The summed E-state index contributed by atoms with van der Waals surface area (Å²) in [6, 6.07) is 9.49. The molecular formula is C21H21N5O2. The van der Waals surface area contributed by atoms with Gasteiger partial charge in [-0.1, -0.05) is 0 Å². The largest absolute Gasteiger partial charge is 0.443 e. The maximum absolute atomic E-state index is 12.8. The normalized spacial score (nSPS) is 13.9. The number of aromatic nitrogens is 2. The molecular weight excluding hydrogens is 354 g/mol. The molecule has 1 N–H and O–H groups in total. The summed E-state index contributed by atoms with van der Waals surface area (Å²) in [5.74, 6) is 0.762. The van der Waals surface area contributed by atoms with Crippen LogP contribution in [0.3, 0.4) is 0 Å². The van der Waals surface area contributed by atoms with Crippen molar-refractivity contribution in [1.82, 2.24) is 9.55 Å². The minimum absolute atomic E-state index is 0.205. The summed E-state index contributed by atoms with van der Waals surface area (Å²) in [5, 5.41) is 12.4. The van der Waals surface area contributed by atoms with Gasteiger partial charge in [0.15, 0.2) is 0 Å². The van der Waals surface area contributed by atoms with Gasteiger partial charge < -0.3 is 14.6 Å². The number of aryl methyl sites for hydroxylation is 1. The molecule has 0 unspecified atom stereocenters. The molecule has 4 heterocycles. The maximum atomic E-state index is 12.8. The third-order valence-electron chi connectivity index (χ3n) is 4.95. The number of pyridine rings is 1. The highest BCUT2D eigenvalue weighted by Gasteiger charge is 2.25. The number of piperidine rings is 1. The van der Waals surface area contributed by atoms with Crippen LogP contribution in [-0.2, 0) is 0 Å². The Balaban J connectivity index is 1.55. The van der Waals surface area contributed by atoms with E-state index in [9.17, 15) is 10.1 Å². The van der Waals surface area contributed by atoms with Crippen LogP contribution in [0, 0.1) is 18.3 Å². The Kier molecular flexibility index (Phi) is 4.85. The van der Waals surface area contributed by atoms with Gasteiger partial charge in [-0.05, 0) is 50.5 Å². The third-order valence-corrected chi connectivity index (χ3v) is 4.95. The van der Waals surface area contributed by atoms with Gasteiger partial charge in [0, 0.05) is 25.5 Å². The molecule has 7 nitrogen and oxygen atoms in total. The summed E-state index contributed by atoms with van der Waals surface area (Å²) >= 11 is 0. The van der Waals surface area contributed by atoms with E-state index in [4.69, 9.17) is 4.42 Å². The van der Waals surface area contributed by atoms with Crippen LogP contribution in [0.1, 0.15) is 40.9 Å². The highest BCUT2D eigenvalue weighted by atomic mass is 16.4. The van der Waals surface area contributed by atoms with Crippen LogP contribution in [0.25, 0.3) is 5.88 Å². The average Bonchev–Trinajstić information content (AvgIpc) is 3.36. The fraction of sp³-hybridized carbons (Fsp3) is 0.286. The zero-order chi connectivity index (χ0) is 19.5. The Labute approximate surface area is 163 Å². The van der Waals surface area contributed by atoms with Crippen LogP contribution in [0.2, 0.25) is 0 Å². The predicted molar refractivity (Wildman–Crippen MR) is 106 cm³/mol. The van der Waals surface area contributed by atoms with Crippen molar-refractivity contribution in [3.05, 3.63) is 59.7 Å². The number of nitriles is 1. The fourth-order valence-electron chi connectivity index (χ4n) is 3.54. The molecule has 1 fully saturated rings. The minimum atomic E-state index is -0.408. The number of hydrogen-bond donors (Lipinski definition) is 1. The molecule has 0 saturated carbocycles. The number of rotatable bonds is 4. The molecule has 4 rings (SSSR count). The summed E-state index contributed by atoms with van der Waals surface area (Å²) in [7, 11) is 0. The quantitative estimate of drug-likeness (QED) is 0.747. The van der Waals surface area contributed by atoms with E-state index in [-0.39, 0.29) is 11.1 Å². The highest BCUT2D eigenvalue weighted by molar-refractivity contribution is 6.06. The second kappa shape index (κ2) is 7.61. The van der Waals surface area contributed by atoms with Gasteiger partial charge in [-0.25, -0.2) is 4.98 Å². The molecule has 7 heteroatoms. The number of carbonyl (C=O) groups excluding carboxylic acids is 1. The topological polar surface area (TPSA) is 87.1 Å². The van der Waals surface area contributed by atoms with Gasteiger partial charge in [0.05, 0.1) is 11.9 Å². The molecule has 1 saturated heterocycles. The van der Waals surface area contributed by atoms with Crippen LogP contribution < -0.4 is 10.2 Å². The van der Waals surface area contributed by atoms with Gasteiger partial charge in [0.1, 0.15) is 28.8 Å². The molecule has 1 aliphatic heterocycles. The SMILES string of the molecule is Cc1oc(-n2cccc2)c(C#N)c1C(=O)Nc1ccc(N2CCCCC2)cn1. The molecule has 3 aromatic heterocycles. The van der Waals surface area contributed by atoms with Gasteiger partial charge in [-0.3, -0.25) is 9.36 Å². The molecule has 1 aliphatic rings. The molecule has 142 valence electrons. The van der Waals surface area contributed by atoms with Crippen molar-refractivity contribution in [3.63, 3.8) is 0 Å². The van der Waals surface area contributed by atoms with Crippen molar-refractivity contribution in [2.75, 3.05) is 23.3 Å². The lowest BCUT2D eigenvalue weighted by molar-refractivity contribution is 0.102. The van der Waals surface area contributed by atoms with E-state index < -0.39 is 5.91 Å². The zero-order valence-corrected chi connectivity index (χ0v) is 15.7. The minimum Gasteiger partial charge on any atom is -0.443 e. The number of anilines is 2. The molecule has 0 atom stereocenters. The van der Waals surface area contributed by atoms with E-state index >= 15 is 0 Å². The van der Waals surface area contributed by atoms with E-state index in [1.165, 1.54) is 19.3 Å². The summed E-state index contributed by atoms with van der Waals surface area (Å²) < 4.78 is 7.37. The van der Waals surface area contributed by atoms with Crippen molar-refractivity contribution >= 4 is 17.4 Å². The number of amides is 1. The Bertz CT molecular complexity index is 1010. The monoisotopic (exact) mass is 375 g/mol. The van der Waals surface area contributed by atoms with Crippen molar-refractivity contribution in [2.24, 2.45) is 0 Å². The van der Waals surface area contributed by atoms with Crippen LogP contribution in [0.5, 0.6) is 0 Å².